The maximum Gasteiger partial charge on any atom is 0.305 e. The molecule has 0 spiro atoms. The number of allylic oxidation sites excluding steroid dienone is 2. The highest BCUT2D eigenvalue weighted by molar-refractivity contribution is 5.76. The molecule has 0 rings (SSSR count). The van der Waals surface area contributed by atoms with E-state index in [0.29, 0.717) is 25.9 Å². The molecule has 3 N–H and O–H groups in total. The Kier molecular flexibility index (Phi) is 67.9. The van der Waals surface area contributed by atoms with Crippen molar-refractivity contribution in [2.24, 2.45) is 0 Å². The second kappa shape index (κ2) is 69.1. The lowest BCUT2D eigenvalue weighted by atomic mass is 10.0. The van der Waals surface area contributed by atoms with Crippen LogP contribution in [0.3, 0.4) is 0 Å². The van der Waals surface area contributed by atoms with Crippen LogP contribution in [0.15, 0.2) is 12.2 Å². The fourth-order valence-corrected chi connectivity index (χ4v) is 11.8. The van der Waals surface area contributed by atoms with E-state index in [-0.39, 0.29) is 18.5 Å². The Balaban J connectivity index is 3.35. The smallest absolute Gasteiger partial charge is 0.305 e. The quantitative estimate of drug-likeness (QED) is 0.0320. The first kappa shape index (κ1) is 77.6. The number of esters is 1. The molecule has 0 fully saturated rings. The predicted molar refractivity (Wildman–Crippen MR) is 347 cm³/mol. The van der Waals surface area contributed by atoms with Crippen molar-refractivity contribution in [2.75, 3.05) is 13.2 Å². The van der Waals surface area contributed by atoms with Crippen LogP contribution >= 0.6 is 0 Å². The van der Waals surface area contributed by atoms with E-state index in [2.05, 4.69) is 31.3 Å². The van der Waals surface area contributed by atoms with E-state index in [1.165, 1.54) is 347 Å². The van der Waals surface area contributed by atoms with E-state index in [4.69, 9.17) is 4.74 Å². The first-order chi connectivity index (χ1) is 39.0. The van der Waals surface area contributed by atoms with Gasteiger partial charge in [-0.2, -0.15) is 0 Å². The van der Waals surface area contributed by atoms with E-state index >= 15 is 0 Å². The molecule has 470 valence electrons. The van der Waals surface area contributed by atoms with Crippen LogP contribution < -0.4 is 5.32 Å². The van der Waals surface area contributed by atoms with Gasteiger partial charge in [-0.05, 0) is 51.4 Å². The zero-order valence-electron chi connectivity index (χ0n) is 53.9. The fraction of sp³-hybridized carbons (Fsp3) is 0.945. The number of hydrogen-bond donors (Lipinski definition) is 3. The summed E-state index contributed by atoms with van der Waals surface area (Å²) in [6.45, 7) is 5.00. The van der Waals surface area contributed by atoms with Gasteiger partial charge in [0, 0.05) is 12.8 Å². The number of carbonyl (C=O) groups excluding carboxylic acids is 2. The van der Waals surface area contributed by atoms with Crippen molar-refractivity contribution in [3.63, 3.8) is 0 Å². The molecule has 6 nitrogen and oxygen atoms in total. The molecule has 0 aliphatic rings. The number of hydrogen-bond acceptors (Lipinski definition) is 5. The van der Waals surface area contributed by atoms with Crippen LogP contribution in [0, 0.1) is 0 Å². The van der Waals surface area contributed by atoms with Crippen LogP contribution in [0.2, 0.25) is 0 Å². The second-order valence-electron chi connectivity index (χ2n) is 25.3. The average molecular weight is 1110 g/mol. The number of aliphatic hydroxyl groups excluding tert-OH is 2. The van der Waals surface area contributed by atoms with Crippen LogP contribution in [0.5, 0.6) is 0 Å². The van der Waals surface area contributed by atoms with Gasteiger partial charge in [-0.3, -0.25) is 9.59 Å². The monoisotopic (exact) mass is 1110 g/mol. The third-order valence-corrected chi connectivity index (χ3v) is 17.3. The highest BCUT2D eigenvalue weighted by Gasteiger charge is 2.20. The van der Waals surface area contributed by atoms with Gasteiger partial charge >= 0.3 is 5.97 Å². The summed E-state index contributed by atoms with van der Waals surface area (Å²) < 4.78 is 5.51. The van der Waals surface area contributed by atoms with E-state index in [9.17, 15) is 19.8 Å². The number of nitrogens with one attached hydrogen (secondary N) is 1. The molecule has 0 aliphatic carbocycles. The average Bonchev–Trinajstić information content (AvgIpc) is 3.45. The van der Waals surface area contributed by atoms with Gasteiger partial charge in [0.2, 0.25) is 5.91 Å². The van der Waals surface area contributed by atoms with Crippen LogP contribution in [0.4, 0.5) is 0 Å². The topological polar surface area (TPSA) is 95.9 Å². The van der Waals surface area contributed by atoms with Crippen molar-refractivity contribution in [3.05, 3.63) is 12.2 Å². The van der Waals surface area contributed by atoms with Crippen molar-refractivity contribution in [1.82, 2.24) is 5.32 Å². The molecular weight excluding hydrogens is 971 g/mol. The van der Waals surface area contributed by atoms with Crippen molar-refractivity contribution < 1.29 is 24.5 Å². The number of aliphatic hydroxyl groups is 2. The van der Waals surface area contributed by atoms with Gasteiger partial charge in [-0.15, -0.1) is 0 Å². The Morgan fingerprint density at radius 2 is 0.595 bits per heavy atom. The Labute approximate surface area is 495 Å². The van der Waals surface area contributed by atoms with Crippen molar-refractivity contribution in [3.8, 4) is 0 Å². The Morgan fingerprint density at radius 1 is 0.342 bits per heavy atom. The molecule has 79 heavy (non-hydrogen) atoms. The summed E-state index contributed by atoms with van der Waals surface area (Å²) in [4.78, 5) is 24.6. The summed E-state index contributed by atoms with van der Waals surface area (Å²) in [5, 5.41) is 23.4. The van der Waals surface area contributed by atoms with E-state index < -0.39 is 12.1 Å². The summed E-state index contributed by atoms with van der Waals surface area (Å²) in [5.74, 6) is -0.00978. The first-order valence-electron chi connectivity index (χ1n) is 36.4. The minimum Gasteiger partial charge on any atom is -0.466 e. The van der Waals surface area contributed by atoms with Gasteiger partial charge in [0.15, 0.2) is 0 Å². The van der Waals surface area contributed by atoms with Crippen molar-refractivity contribution in [2.45, 2.75) is 431 Å². The lowest BCUT2D eigenvalue weighted by molar-refractivity contribution is -0.143. The van der Waals surface area contributed by atoms with Gasteiger partial charge in [-0.1, -0.05) is 366 Å². The SMILES string of the molecule is CCCCCCCCCCCCCCCCCCCCC(=O)OCCCCCCCCCCCCCC/C=C\CCCCCCCCCCCCCCC(=O)NC(CO)C(O)CCCCCCCCCCCCCCCCCC. The maximum atomic E-state index is 12.5. The largest absolute Gasteiger partial charge is 0.466 e. The summed E-state index contributed by atoms with van der Waals surface area (Å²) >= 11 is 0. The highest BCUT2D eigenvalue weighted by Crippen LogP contribution is 2.19. The molecule has 0 aromatic carbocycles. The molecule has 0 aromatic rings. The zero-order chi connectivity index (χ0) is 57.1. The number of rotatable bonds is 69. The number of carbonyl (C=O) groups is 2. The third-order valence-electron chi connectivity index (χ3n) is 17.3. The van der Waals surface area contributed by atoms with E-state index in [1.54, 1.807) is 0 Å². The van der Waals surface area contributed by atoms with Gasteiger partial charge in [0.05, 0.1) is 25.4 Å². The van der Waals surface area contributed by atoms with Crippen LogP contribution in [-0.2, 0) is 14.3 Å². The molecule has 0 bridgehead atoms. The van der Waals surface area contributed by atoms with Crippen LogP contribution in [-0.4, -0.2) is 47.4 Å². The standard InChI is InChI=1S/C73H143NO5/c1-3-5-7-9-11-13-15-17-19-21-35-39-43-47-51-55-59-63-67-73(78)79-68-64-60-56-52-48-44-40-36-33-31-29-27-25-23-22-24-26-28-30-32-34-38-42-46-50-54-58-62-66-72(77)74-70(69-75)71(76)65-61-57-53-49-45-41-37-20-18-16-14-12-10-8-6-4-2/h22-23,70-71,75-76H,3-21,24-69H2,1-2H3,(H,74,77)/b23-22-. The number of unbranched alkanes of at least 4 members (excludes halogenated alkanes) is 56. The summed E-state index contributed by atoms with van der Waals surface area (Å²) in [7, 11) is 0. The molecule has 1 amide bonds. The van der Waals surface area contributed by atoms with Crippen LogP contribution in [0.25, 0.3) is 0 Å². The molecular formula is C73H143NO5. The molecule has 0 saturated heterocycles. The van der Waals surface area contributed by atoms with Gasteiger partial charge in [-0.25, -0.2) is 0 Å². The number of amides is 1. The van der Waals surface area contributed by atoms with E-state index in [1.807, 2.05) is 0 Å². The second-order valence-corrected chi connectivity index (χ2v) is 25.3. The predicted octanol–water partition coefficient (Wildman–Crippen LogP) is 23.5. The summed E-state index contributed by atoms with van der Waals surface area (Å²) in [5.41, 5.74) is 0. The van der Waals surface area contributed by atoms with Crippen molar-refractivity contribution >= 4 is 11.9 Å². The fourth-order valence-electron chi connectivity index (χ4n) is 11.8. The normalized spacial score (nSPS) is 12.5. The highest BCUT2D eigenvalue weighted by atomic mass is 16.5. The zero-order valence-corrected chi connectivity index (χ0v) is 53.9. The molecule has 0 aliphatic heterocycles. The lowest BCUT2D eigenvalue weighted by Gasteiger charge is -2.22. The Hall–Kier alpha value is -1.40. The van der Waals surface area contributed by atoms with Gasteiger partial charge < -0.3 is 20.3 Å². The van der Waals surface area contributed by atoms with Crippen molar-refractivity contribution in [1.29, 1.82) is 0 Å². The molecule has 2 atom stereocenters. The molecule has 0 radical (unpaired) electrons. The van der Waals surface area contributed by atoms with Gasteiger partial charge in [0.25, 0.3) is 0 Å². The first-order valence-corrected chi connectivity index (χ1v) is 36.4. The van der Waals surface area contributed by atoms with E-state index in [0.717, 1.165) is 38.5 Å². The van der Waals surface area contributed by atoms with Gasteiger partial charge in [0.1, 0.15) is 0 Å². The minimum absolute atomic E-state index is 0.0214. The minimum atomic E-state index is -0.664. The molecule has 0 saturated carbocycles. The summed E-state index contributed by atoms with van der Waals surface area (Å²) in [6, 6.07) is -0.541. The molecule has 0 heterocycles. The Morgan fingerprint density at radius 3 is 0.899 bits per heavy atom. The van der Waals surface area contributed by atoms with Crippen LogP contribution in [0.1, 0.15) is 418 Å². The molecule has 6 heteroatoms. The third kappa shape index (κ3) is 65.6. The number of ether oxygens (including phenoxy) is 1. The Bertz CT molecular complexity index is 1190. The maximum absolute atomic E-state index is 12.5. The molecule has 2 unspecified atom stereocenters. The lowest BCUT2D eigenvalue weighted by Crippen LogP contribution is -2.45. The summed E-state index contributed by atoms with van der Waals surface area (Å²) in [6.07, 6.45) is 85.6. The molecule has 0 aromatic heterocycles.